The van der Waals surface area contributed by atoms with Crippen LogP contribution < -0.4 is 9.80 Å². The Bertz CT molecular complexity index is 9230. The third-order valence-corrected chi connectivity index (χ3v) is 29.4. The molecule has 0 spiro atoms. The number of thiophene rings is 1. The molecule has 0 saturated carbocycles. The zero-order valence-corrected chi connectivity index (χ0v) is 85.2. The van der Waals surface area contributed by atoms with Crippen LogP contribution in [0.4, 0.5) is 34.1 Å². The van der Waals surface area contributed by atoms with Gasteiger partial charge in [-0.05, 0) is 278 Å². The number of anilines is 6. The summed E-state index contributed by atoms with van der Waals surface area (Å²) < 4.78 is 27.6. The van der Waals surface area contributed by atoms with E-state index >= 15 is 0 Å². The van der Waals surface area contributed by atoms with E-state index in [1.165, 1.54) is 167 Å². The van der Waals surface area contributed by atoms with Gasteiger partial charge in [0.15, 0.2) is 5.58 Å². The molecule has 746 valence electrons. The van der Waals surface area contributed by atoms with Crippen LogP contribution in [0.5, 0.6) is 0 Å². The van der Waals surface area contributed by atoms with Crippen molar-refractivity contribution in [3.05, 3.63) is 437 Å². The standard InChI is InChI=1S/2C28H26N2.C28H23NO.C28H23NS.C22H19NO.5CH4/c1-28(2,3)30-26-17-11-10-16-24(26)25-20-23(18-19-27(25)30)29(21-12-6-4-7-13-21)22-14-8-5-9-15-22;1-28(2,3)30-26-17-11-10-16-24(26)25-19-18-23(20-27(25)30)29(21-12-6-4-7-13-21)22-14-8-5-9-15-22;2*1-28(2,3)29-24-13-6-4-9-20(24)23-17-18(15-16-25(23)29)19-11-8-12-22-21-10-5-7-14-26(21)30-27(19)22;1-22(2,3)23-18-10-6-4-8-14(18)16-12-13-17-15-9-5-7-11-19(15)24-21(17)20(16)23;;;;;/h2*4-20H,1-3H3;2*4-17H,1-3H3;4-13H,1-3H3;5*1H4. The Kier molecular flexibility index (Phi) is 27.8. The second-order valence-electron chi connectivity index (χ2n) is 43.0. The number of hydrogen-bond donors (Lipinski definition) is 0. The maximum atomic E-state index is 6.31. The van der Waals surface area contributed by atoms with Crippen LogP contribution in [0.1, 0.15) is 141 Å². The minimum absolute atomic E-state index is 0. The first-order chi connectivity index (χ1) is 69.7. The second-order valence-corrected chi connectivity index (χ2v) is 44.0. The van der Waals surface area contributed by atoms with Gasteiger partial charge < -0.3 is 41.5 Å². The normalized spacial score (nSPS) is 11.9. The monoisotopic (exact) mass is 1970 g/mol. The predicted molar refractivity (Wildman–Crippen MR) is 654 cm³/mol. The van der Waals surface area contributed by atoms with Crippen molar-refractivity contribution in [3.63, 3.8) is 0 Å². The van der Waals surface area contributed by atoms with E-state index in [0.29, 0.717) is 0 Å². The highest BCUT2D eigenvalue weighted by Gasteiger charge is 2.30. The molecule has 0 N–H and O–H groups in total. The van der Waals surface area contributed by atoms with Crippen LogP contribution in [0, 0.1) is 0 Å². The third kappa shape index (κ3) is 18.4. The van der Waals surface area contributed by atoms with E-state index in [0.717, 1.165) is 62.0 Å². The molecule has 19 aromatic carbocycles. The van der Waals surface area contributed by atoms with E-state index in [1.807, 2.05) is 35.6 Å². The molecule has 149 heavy (non-hydrogen) atoms. The number of hydrogen-bond acceptors (Lipinski definition) is 5. The molecule has 0 saturated heterocycles. The predicted octanol–water partition coefficient (Wildman–Crippen LogP) is 42.4. The van der Waals surface area contributed by atoms with Crippen molar-refractivity contribution in [1.29, 1.82) is 0 Å². The van der Waals surface area contributed by atoms with Gasteiger partial charge in [0.1, 0.15) is 16.7 Å². The third-order valence-electron chi connectivity index (χ3n) is 28.2. The molecule has 9 nitrogen and oxygen atoms in total. The van der Waals surface area contributed by atoms with Crippen LogP contribution >= 0.6 is 11.3 Å². The van der Waals surface area contributed by atoms with Crippen molar-refractivity contribution in [2.45, 2.75) is 169 Å². The minimum Gasteiger partial charge on any atom is -0.455 e. The summed E-state index contributed by atoms with van der Waals surface area (Å²) >= 11 is 1.90. The Labute approximate surface area is 881 Å². The lowest BCUT2D eigenvalue weighted by Gasteiger charge is -2.27. The Balaban J connectivity index is 0.000000121. The number of benzene rings is 19. The number of nitrogens with zero attached hydrogens (tertiary/aromatic N) is 7. The second kappa shape index (κ2) is 40.4. The van der Waals surface area contributed by atoms with E-state index in [1.54, 1.807) is 0 Å². The number of furan rings is 2. The van der Waals surface area contributed by atoms with Crippen LogP contribution in [0.3, 0.4) is 0 Å². The summed E-state index contributed by atoms with van der Waals surface area (Å²) in [7, 11) is 0. The van der Waals surface area contributed by atoms with Crippen molar-refractivity contribution in [2.24, 2.45) is 0 Å². The fourth-order valence-electron chi connectivity index (χ4n) is 22.4. The highest BCUT2D eigenvalue weighted by molar-refractivity contribution is 7.26. The number of rotatable bonds is 8. The van der Waals surface area contributed by atoms with Gasteiger partial charge in [-0.3, -0.25) is 0 Å². The van der Waals surface area contributed by atoms with Gasteiger partial charge in [0.2, 0.25) is 0 Å². The molecule has 27 rings (SSSR count). The van der Waals surface area contributed by atoms with Crippen molar-refractivity contribution in [3.8, 4) is 22.3 Å². The van der Waals surface area contributed by atoms with E-state index in [4.69, 9.17) is 8.83 Å². The van der Waals surface area contributed by atoms with Gasteiger partial charge in [-0.25, -0.2) is 0 Å². The van der Waals surface area contributed by atoms with E-state index in [9.17, 15) is 0 Å². The quantitative estimate of drug-likeness (QED) is 0.152. The smallest absolute Gasteiger partial charge is 0.159 e. The molecular formula is C139H137N7O2S. The Hall–Kier alpha value is -16.4. The highest BCUT2D eigenvalue weighted by atomic mass is 32.1. The average Bonchev–Trinajstić information content (AvgIpc) is 1.55. The Morgan fingerprint density at radius 1 is 0.188 bits per heavy atom. The van der Waals surface area contributed by atoms with Crippen LogP contribution in [0.15, 0.2) is 446 Å². The zero-order chi connectivity index (χ0) is 98.8. The van der Waals surface area contributed by atoms with Gasteiger partial charge in [0.05, 0.1) is 11.0 Å². The van der Waals surface area contributed by atoms with Crippen molar-refractivity contribution in [1.82, 2.24) is 22.8 Å². The topological polar surface area (TPSA) is 57.4 Å². The molecule has 10 heteroatoms. The summed E-state index contributed by atoms with van der Waals surface area (Å²) in [5.74, 6) is 0. The van der Waals surface area contributed by atoms with Crippen molar-refractivity contribution in [2.75, 3.05) is 9.80 Å². The van der Waals surface area contributed by atoms with Gasteiger partial charge in [-0.1, -0.05) is 316 Å². The molecule has 0 aliphatic heterocycles. The van der Waals surface area contributed by atoms with Crippen molar-refractivity contribution < 1.29 is 8.83 Å². The van der Waals surface area contributed by atoms with Crippen molar-refractivity contribution >= 4 is 219 Å². The zero-order valence-electron chi connectivity index (χ0n) is 84.4. The van der Waals surface area contributed by atoms with E-state index < -0.39 is 0 Å². The first-order valence-corrected chi connectivity index (χ1v) is 51.1. The summed E-state index contributed by atoms with van der Waals surface area (Å²) in [4.78, 5) is 4.65. The molecule has 0 aliphatic rings. The molecule has 0 atom stereocenters. The molecule has 0 aliphatic carbocycles. The first-order valence-electron chi connectivity index (χ1n) is 50.3. The molecule has 8 aromatic heterocycles. The lowest BCUT2D eigenvalue weighted by molar-refractivity contribution is 0.422. The number of aromatic nitrogens is 5. The lowest BCUT2D eigenvalue weighted by Crippen LogP contribution is -2.21. The molecule has 0 bridgehead atoms. The Morgan fingerprint density at radius 3 is 0.906 bits per heavy atom. The number of para-hydroxylation sites is 12. The van der Waals surface area contributed by atoms with E-state index in [-0.39, 0.29) is 64.8 Å². The maximum Gasteiger partial charge on any atom is 0.159 e. The van der Waals surface area contributed by atoms with E-state index in [2.05, 4.69) is 549 Å². The van der Waals surface area contributed by atoms with Gasteiger partial charge in [-0.15, -0.1) is 11.3 Å². The molecule has 0 amide bonds. The Morgan fingerprint density at radius 2 is 0.470 bits per heavy atom. The lowest BCUT2D eigenvalue weighted by atomic mass is 10.00. The molecule has 0 fully saturated rings. The summed E-state index contributed by atoms with van der Waals surface area (Å²) in [5, 5.41) is 20.4. The van der Waals surface area contributed by atoms with Crippen LogP contribution in [-0.2, 0) is 27.7 Å². The van der Waals surface area contributed by atoms with Gasteiger partial charge >= 0.3 is 0 Å². The molecular weight excluding hydrogens is 1830 g/mol. The van der Waals surface area contributed by atoms with Crippen LogP contribution in [0.2, 0.25) is 0 Å². The molecule has 27 aromatic rings. The summed E-state index contributed by atoms with van der Waals surface area (Å²) in [6, 6.07) is 156. The fraction of sp³-hybridized carbons (Fsp3) is 0.180. The molecule has 0 unspecified atom stereocenters. The number of fused-ring (bicyclic) bond motifs is 25. The van der Waals surface area contributed by atoms with Gasteiger partial charge in [-0.2, -0.15) is 0 Å². The van der Waals surface area contributed by atoms with Gasteiger partial charge in [0, 0.05) is 207 Å². The maximum absolute atomic E-state index is 6.31. The average molecular weight is 1970 g/mol. The first kappa shape index (κ1) is 103. The molecule has 0 radical (unpaired) electrons. The van der Waals surface area contributed by atoms with Crippen LogP contribution in [0.25, 0.3) is 195 Å². The fourth-order valence-corrected chi connectivity index (χ4v) is 23.7. The summed E-state index contributed by atoms with van der Waals surface area (Å²) in [5.41, 5.74) is 28.4. The SMILES string of the molecule is C.C.C.C.C.CC(C)(C)n1c2ccccc2c2cc(-c3cccc4c3oc3ccccc34)ccc21.CC(C)(C)n1c2ccccc2c2cc(-c3cccc4c3sc3ccccc34)ccc21.CC(C)(C)n1c2ccccc2c2cc(N(c3ccccc3)c3ccccc3)ccc21.CC(C)(C)n1c2ccccc2c2ccc(N(c3ccccc3)c3ccccc3)cc21.CC(C)(C)n1c2ccccc2c2ccc3c4ccccc4oc3c21. The largest absolute Gasteiger partial charge is 0.455 e. The summed E-state index contributed by atoms with van der Waals surface area (Å²) in [6.07, 6.45) is 0. The molecule has 8 heterocycles. The highest BCUT2D eigenvalue weighted by Crippen LogP contribution is 2.49. The summed E-state index contributed by atoms with van der Waals surface area (Å²) in [6.45, 7) is 34.0. The van der Waals surface area contributed by atoms with Crippen LogP contribution in [-0.4, -0.2) is 22.8 Å². The van der Waals surface area contributed by atoms with Gasteiger partial charge in [0.25, 0.3) is 0 Å². The minimum atomic E-state index is -0.0331.